The van der Waals surface area contributed by atoms with Gasteiger partial charge in [0.25, 0.3) is 0 Å². The van der Waals surface area contributed by atoms with Crippen LogP contribution >= 0.6 is 0 Å². The molecule has 6 nitrogen and oxygen atoms in total. The van der Waals surface area contributed by atoms with E-state index in [1.165, 1.54) is 11.1 Å². The third-order valence-electron chi connectivity index (χ3n) is 6.00. The molecule has 0 spiro atoms. The van der Waals surface area contributed by atoms with Gasteiger partial charge < -0.3 is 10.2 Å². The second-order valence-corrected chi connectivity index (χ2v) is 7.47. The maximum absolute atomic E-state index is 13.0. The monoisotopic (exact) mass is 373 g/mol. The number of allylic oxidation sites excluding steroid dienone is 3. The highest BCUT2D eigenvalue weighted by atomic mass is 16.2. The molecule has 0 aromatic carbocycles. The quantitative estimate of drug-likeness (QED) is 0.725. The van der Waals surface area contributed by atoms with Crippen molar-refractivity contribution in [1.82, 2.24) is 15.5 Å². The number of amides is 3. The van der Waals surface area contributed by atoms with Crippen molar-refractivity contribution in [3.05, 3.63) is 23.3 Å². The zero-order valence-electron chi connectivity index (χ0n) is 16.4. The lowest BCUT2D eigenvalue weighted by atomic mass is 9.84. The number of hydrogen-bond donors (Lipinski definition) is 2. The molecule has 4 aliphatic rings. The van der Waals surface area contributed by atoms with Crippen molar-refractivity contribution in [1.29, 1.82) is 0 Å². The standard InChI is InChI=1S/C19H25N3O3.C2H6/c23-17-6-5-16(18(24)21-17)22-11-15-13(12-7-9-20-10-8-12)3-1-2-4-14(15)19(22)25;1-2/h1,3,12,14,16,20H,2,4-11H2,(H,21,23,24);1-2H3. The van der Waals surface area contributed by atoms with E-state index >= 15 is 0 Å². The molecule has 148 valence electrons. The first-order valence-electron chi connectivity index (χ1n) is 10.4. The number of nitrogens with one attached hydrogen (secondary N) is 2. The molecule has 3 saturated heterocycles. The molecular weight excluding hydrogens is 342 g/mol. The van der Waals surface area contributed by atoms with E-state index < -0.39 is 6.04 Å². The molecular formula is C21H31N3O3. The molecule has 0 bridgehead atoms. The van der Waals surface area contributed by atoms with Crippen LogP contribution < -0.4 is 10.6 Å². The highest BCUT2D eigenvalue weighted by Crippen LogP contribution is 2.39. The minimum atomic E-state index is -0.497. The number of hydrogen-bond acceptors (Lipinski definition) is 4. The first-order chi connectivity index (χ1) is 13.1. The van der Waals surface area contributed by atoms with Gasteiger partial charge in [0.05, 0.1) is 5.92 Å². The van der Waals surface area contributed by atoms with E-state index in [1.54, 1.807) is 4.90 Å². The van der Waals surface area contributed by atoms with E-state index in [1.807, 2.05) is 13.8 Å². The molecule has 3 fully saturated rings. The fourth-order valence-corrected chi connectivity index (χ4v) is 4.67. The van der Waals surface area contributed by atoms with Crippen LogP contribution in [0.4, 0.5) is 0 Å². The number of carbonyl (C=O) groups is 3. The van der Waals surface area contributed by atoms with Gasteiger partial charge in [0.2, 0.25) is 17.7 Å². The van der Waals surface area contributed by atoms with Crippen molar-refractivity contribution in [3.8, 4) is 0 Å². The Bertz CT molecular complexity index is 662. The molecule has 3 heterocycles. The van der Waals surface area contributed by atoms with E-state index in [0.717, 1.165) is 38.8 Å². The van der Waals surface area contributed by atoms with Gasteiger partial charge >= 0.3 is 0 Å². The SMILES string of the molecule is CC.O=C1CCC(N2CC3=C(C4CCNCC4)C=CCCC3C2=O)C(=O)N1. The number of nitrogens with zero attached hydrogens (tertiary/aromatic N) is 1. The van der Waals surface area contributed by atoms with Gasteiger partial charge in [0.1, 0.15) is 6.04 Å². The molecule has 6 heteroatoms. The second kappa shape index (κ2) is 8.83. The fraction of sp³-hybridized carbons (Fsp3) is 0.667. The van der Waals surface area contributed by atoms with Crippen LogP contribution in [0.5, 0.6) is 0 Å². The molecule has 2 unspecified atom stereocenters. The second-order valence-electron chi connectivity index (χ2n) is 7.47. The molecule has 2 N–H and O–H groups in total. The molecule has 3 amide bonds. The maximum atomic E-state index is 13.0. The number of fused-ring (bicyclic) bond motifs is 1. The number of carbonyl (C=O) groups excluding carboxylic acids is 3. The van der Waals surface area contributed by atoms with Crippen LogP contribution in [0, 0.1) is 11.8 Å². The maximum Gasteiger partial charge on any atom is 0.249 e. The Labute approximate surface area is 161 Å². The zero-order valence-corrected chi connectivity index (χ0v) is 16.4. The van der Waals surface area contributed by atoms with Crippen LogP contribution in [-0.2, 0) is 14.4 Å². The Balaban J connectivity index is 0.00000102. The molecule has 1 aliphatic carbocycles. The lowest BCUT2D eigenvalue weighted by Crippen LogP contribution is -2.53. The molecule has 0 aromatic rings. The summed E-state index contributed by atoms with van der Waals surface area (Å²) >= 11 is 0. The summed E-state index contributed by atoms with van der Waals surface area (Å²) < 4.78 is 0. The number of piperidine rings is 2. The van der Waals surface area contributed by atoms with Crippen LogP contribution in [0.3, 0.4) is 0 Å². The molecule has 3 aliphatic heterocycles. The topological polar surface area (TPSA) is 78.5 Å². The van der Waals surface area contributed by atoms with Crippen LogP contribution in [-0.4, -0.2) is 48.3 Å². The zero-order chi connectivity index (χ0) is 19.4. The highest BCUT2D eigenvalue weighted by molar-refractivity contribution is 6.02. The summed E-state index contributed by atoms with van der Waals surface area (Å²) in [4.78, 5) is 38.4. The van der Waals surface area contributed by atoms with Crippen molar-refractivity contribution in [2.45, 2.75) is 58.4 Å². The predicted octanol–water partition coefficient (Wildman–Crippen LogP) is 1.92. The van der Waals surface area contributed by atoms with Crippen molar-refractivity contribution in [2.75, 3.05) is 19.6 Å². The summed E-state index contributed by atoms with van der Waals surface area (Å²) in [6, 6.07) is -0.497. The van der Waals surface area contributed by atoms with Gasteiger partial charge in [-0.25, -0.2) is 0 Å². The summed E-state index contributed by atoms with van der Waals surface area (Å²) in [5.41, 5.74) is 2.54. The molecule has 27 heavy (non-hydrogen) atoms. The van der Waals surface area contributed by atoms with E-state index in [-0.39, 0.29) is 23.6 Å². The first-order valence-corrected chi connectivity index (χ1v) is 10.4. The lowest BCUT2D eigenvalue weighted by molar-refractivity contribution is -0.144. The Morgan fingerprint density at radius 1 is 1.04 bits per heavy atom. The van der Waals surface area contributed by atoms with Gasteiger partial charge in [-0.2, -0.15) is 0 Å². The summed E-state index contributed by atoms with van der Waals surface area (Å²) in [7, 11) is 0. The summed E-state index contributed by atoms with van der Waals surface area (Å²) in [6.07, 6.45) is 9.10. The molecule has 0 aromatic heterocycles. The van der Waals surface area contributed by atoms with Gasteiger partial charge in [0, 0.05) is 13.0 Å². The molecule has 4 rings (SSSR count). The molecule has 0 radical (unpaired) electrons. The van der Waals surface area contributed by atoms with Gasteiger partial charge in [-0.1, -0.05) is 26.0 Å². The van der Waals surface area contributed by atoms with Crippen molar-refractivity contribution >= 4 is 17.7 Å². The Kier molecular flexibility index (Phi) is 6.47. The summed E-state index contributed by atoms with van der Waals surface area (Å²) in [6.45, 7) is 6.58. The normalized spacial score (nSPS) is 29.1. The number of rotatable bonds is 2. The number of imide groups is 1. The van der Waals surface area contributed by atoms with E-state index in [4.69, 9.17) is 0 Å². The lowest BCUT2D eigenvalue weighted by Gasteiger charge is -2.30. The molecule has 2 atom stereocenters. The minimum absolute atomic E-state index is 0.0691. The minimum Gasteiger partial charge on any atom is -0.326 e. The summed E-state index contributed by atoms with van der Waals surface area (Å²) in [5, 5.41) is 5.78. The fourth-order valence-electron chi connectivity index (χ4n) is 4.67. The van der Waals surface area contributed by atoms with Gasteiger partial charge in [0.15, 0.2) is 0 Å². The van der Waals surface area contributed by atoms with Crippen LogP contribution in [0.2, 0.25) is 0 Å². The largest absolute Gasteiger partial charge is 0.326 e. The first kappa shape index (κ1) is 19.8. The molecule has 0 saturated carbocycles. The Hall–Kier alpha value is -1.95. The van der Waals surface area contributed by atoms with E-state index in [9.17, 15) is 14.4 Å². The van der Waals surface area contributed by atoms with E-state index in [2.05, 4.69) is 22.8 Å². The van der Waals surface area contributed by atoms with Crippen molar-refractivity contribution in [2.24, 2.45) is 11.8 Å². The number of likely N-dealkylation sites (tertiary alicyclic amines) is 1. The average Bonchev–Trinajstić information content (AvgIpc) is 2.88. The smallest absolute Gasteiger partial charge is 0.249 e. The summed E-state index contributed by atoms with van der Waals surface area (Å²) in [5.74, 6) is -0.0761. The predicted molar refractivity (Wildman–Crippen MR) is 104 cm³/mol. The average molecular weight is 373 g/mol. The Morgan fingerprint density at radius 2 is 1.78 bits per heavy atom. The third kappa shape index (κ3) is 4.00. The highest BCUT2D eigenvalue weighted by Gasteiger charge is 2.44. The van der Waals surface area contributed by atoms with Crippen LogP contribution in [0.1, 0.15) is 52.4 Å². The van der Waals surface area contributed by atoms with Gasteiger partial charge in [-0.15, -0.1) is 0 Å². The van der Waals surface area contributed by atoms with Crippen molar-refractivity contribution in [3.63, 3.8) is 0 Å². The third-order valence-corrected chi connectivity index (χ3v) is 6.00. The van der Waals surface area contributed by atoms with Crippen molar-refractivity contribution < 1.29 is 14.4 Å². The van der Waals surface area contributed by atoms with Gasteiger partial charge in [-0.05, 0) is 62.3 Å². The van der Waals surface area contributed by atoms with Gasteiger partial charge in [-0.3, -0.25) is 19.7 Å². The van der Waals surface area contributed by atoms with Crippen LogP contribution in [0.15, 0.2) is 23.3 Å². The van der Waals surface area contributed by atoms with E-state index in [0.29, 0.717) is 25.3 Å². The Morgan fingerprint density at radius 3 is 2.48 bits per heavy atom. The van der Waals surface area contributed by atoms with Crippen LogP contribution in [0.25, 0.3) is 0 Å².